The summed E-state index contributed by atoms with van der Waals surface area (Å²) in [5.41, 5.74) is 0.627. The van der Waals surface area contributed by atoms with E-state index >= 15 is 0 Å². The lowest BCUT2D eigenvalue weighted by Gasteiger charge is -1.93. The fraction of sp³-hybridized carbons (Fsp3) is 0.300. The van der Waals surface area contributed by atoms with Crippen LogP contribution < -0.4 is 0 Å². The number of hydrogen-bond acceptors (Lipinski definition) is 4. The highest BCUT2D eigenvalue weighted by Crippen LogP contribution is 2.39. The molecule has 76 valence electrons. The fourth-order valence-electron chi connectivity index (χ4n) is 1.36. The molecule has 2 aromatic rings. The van der Waals surface area contributed by atoms with Gasteiger partial charge < -0.3 is 4.42 Å². The number of nitrogens with zero attached hydrogens (tertiary/aromatic N) is 3. The Bertz CT molecular complexity index is 493. The zero-order valence-electron chi connectivity index (χ0n) is 7.85. The lowest BCUT2D eigenvalue weighted by Crippen LogP contribution is -1.82. The molecule has 0 spiro atoms. The van der Waals surface area contributed by atoms with E-state index in [9.17, 15) is 0 Å². The molecule has 1 aliphatic carbocycles. The van der Waals surface area contributed by atoms with Crippen molar-refractivity contribution in [1.82, 2.24) is 15.2 Å². The molecule has 0 atom stereocenters. The third-order valence-electron chi connectivity index (χ3n) is 2.30. The third-order valence-corrected chi connectivity index (χ3v) is 2.51. The second kappa shape index (κ2) is 3.31. The van der Waals surface area contributed by atoms with Crippen molar-refractivity contribution in [3.8, 4) is 11.6 Å². The van der Waals surface area contributed by atoms with Crippen LogP contribution in [0.1, 0.15) is 24.7 Å². The van der Waals surface area contributed by atoms with Crippen LogP contribution in [0.3, 0.4) is 0 Å². The molecule has 1 saturated carbocycles. The van der Waals surface area contributed by atoms with E-state index in [1.54, 1.807) is 12.1 Å². The average molecular weight is 222 g/mol. The zero-order valence-corrected chi connectivity index (χ0v) is 8.61. The molecule has 5 heteroatoms. The summed E-state index contributed by atoms with van der Waals surface area (Å²) in [7, 11) is 0. The largest absolute Gasteiger partial charge is 0.419 e. The van der Waals surface area contributed by atoms with Crippen molar-refractivity contribution in [2.24, 2.45) is 0 Å². The molecular weight excluding hydrogens is 214 g/mol. The van der Waals surface area contributed by atoms with E-state index in [-0.39, 0.29) is 0 Å². The van der Waals surface area contributed by atoms with Crippen molar-refractivity contribution in [2.45, 2.75) is 18.8 Å². The van der Waals surface area contributed by atoms with E-state index in [0.29, 0.717) is 28.5 Å². The van der Waals surface area contributed by atoms with Gasteiger partial charge in [0.1, 0.15) is 10.8 Å². The molecule has 1 aliphatic rings. The highest BCUT2D eigenvalue weighted by molar-refractivity contribution is 6.29. The minimum atomic E-state index is 0.429. The van der Waals surface area contributed by atoms with E-state index in [2.05, 4.69) is 15.2 Å². The maximum Gasteiger partial charge on any atom is 0.266 e. The quantitative estimate of drug-likeness (QED) is 0.732. The first kappa shape index (κ1) is 8.85. The smallest absolute Gasteiger partial charge is 0.266 e. The van der Waals surface area contributed by atoms with Gasteiger partial charge in [0.15, 0.2) is 0 Å². The van der Waals surface area contributed by atoms with Crippen LogP contribution in [0.2, 0.25) is 5.15 Å². The molecule has 3 rings (SSSR count). The van der Waals surface area contributed by atoms with Crippen LogP contribution in [0, 0.1) is 0 Å². The second-order valence-corrected chi connectivity index (χ2v) is 3.95. The van der Waals surface area contributed by atoms with Gasteiger partial charge >= 0.3 is 0 Å². The first-order valence-corrected chi connectivity index (χ1v) is 5.17. The van der Waals surface area contributed by atoms with Crippen LogP contribution in [-0.4, -0.2) is 15.2 Å². The van der Waals surface area contributed by atoms with Crippen LogP contribution in [0.15, 0.2) is 22.6 Å². The predicted molar refractivity (Wildman–Crippen MR) is 54.5 cm³/mol. The molecule has 15 heavy (non-hydrogen) atoms. The molecule has 0 amide bonds. The summed E-state index contributed by atoms with van der Waals surface area (Å²) in [6.45, 7) is 0. The van der Waals surface area contributed by atoms with E-state index < -0.39 is 0 Å². The molecule has 0 bridgehead atoms. The Morgan fingerprint density at radius 2 is 2.13 bits per heavy atom. The summed E-state index contributed by atoms with van der Waals surface area (Å²) < 4.78 is 5.51. The van der Waals surface area contributed by atoms with Gasteiger partial charge in [0.05, 0.1) is 0 Å². The zero-order chi connectivity index (χ0) is 10.3. The van der Waals surface area contributed by atoms with Gasteiger partial charge in [0.2, 0.25) is 5.89 Å². The Morgan fingerprint density at radius 1 is 1.27 bits per heavy atom. The fourth-order valence-corrected chi connectivity index (χ4v) is 1.52. The first-order chi connectivity index (χ1) is 7.33. The maximum absolute atomic E-state index is 5.78. The van der Waals surface area contributed by atoms with Crippen molar-refractivity contribution in [1.29, 1.82) is 0 Å². The van der Waals surface area contributed by atoms with Crippen LogP contribution in [0.5, 0.6) is 0 Å². The molecule has 2 heterocycles. The molecule has 0 unspecified atom stereocenters. The molecule has 0 radical (unpaired) electrons. The molecular formula is C10H8ClN3O. The summed E-state index contributed by atoms with van der Waals surface area (Å²) in [5.74, 6) is 1.62. The van der Waals surface area contributed by atoms with Crippen LogP contribution in [-0.2, 0) is 0 Å². The second-order valence-electron chi connectivity index (χ2n) is 3.57. The highest BCUT2D eigenvalue weighted by atomic mass is 35.5. The van der Waals surface area contributed by atoms with Gasteiger partial charge in [0.25, 0.3) is 5.89 Å². The monoisotopic (exact) mass is 221 g/mol. The van der Waals surface area contributed by atoms with Crippen molar-refractivity contribution in [3.63, 3.8) is 0 Å². The lowest BCUT2D eigenvalue weighted by molar-refractivity contribution is 0.507. The maximum atomic E-state index is 5.78. The number of rotatable bonds is 2. The SMILES string of the molecule is Clc1cccc(-c2nnc(C3CC3)o2)n1. The van der Waals surface area contributed by atoms with Crippen LogP contribution >= 0.6 is 11.6 Å². The number of pyridine rings is 1. The minimum absolute atomic E-state index is 0.429. The molecule has 0 N–H and O–H groups in total. The first-order valence-electron chi connectivity index (χ1n) is 4.79. The van der Waals surface area contributed by atoms with Gasteiger partial charge in [-0.15, -0.1) is 10.2 Å². The third kappa shape index (κ3) is 1.72. The molecule has 0 aliphatic heterocycles. The molecule has 0 saturated heterocycles. The highest BCUT2D eigenvalue weighted by Gasteiger charge is 2.29. The topological polar surface area (TPSA) is 51.8 Å². The number of aromatic nitrogens is 3. The summed E-state index contributed by atoms with van der Waals surface area (Å²) in [6.07, 6.45) is 2.29. The summed E-state index contributed by atoms with van der Waals surface area (Å²) in [6, 6.07) is 5.32. The number of hydrogen-bond donors (Lipinski definition) is 0. The van der Waals surface area contributed by atoms with Crippen LogP contribution in [0.4, 0.5) is 0 Å². The van der Waals surface area contributed by atoms with E-state index in [1.807, 2.05) is 6.07 Å². The summed E-state index contributed by atoms with van der Waals surface area (Å²) in [4.78, 5) is 4.11. The minimum Gasteiger partial charge on any atom is -0.419 e. The Kier molecular flexibility index (Phi) is 1.95. The molecule has 1 fully saturated rings. The van der Waals surface area contributed by atoms with E-state index in [4.69, 9.17) is 16.0 Å². The van der Waals surface area contributed by atoms with Gasteiger partial charge in [-0.2, -0.15) is 0 Å². The standard InChI is InChI=1S/C10H8ClN3O/c11-8-3-1-2-7(12-8)10-14-13-9(15-10)6-4-5-6/h1-3,6H,4-5H2. The predicted octanol–water partition coefficient (Wildman–Crippen LogP) is 2.66. The van der Waals surface area contributed by atoms with Gasteiger partial charge in [-0.1, -0.05) is 17.7 Å². The van der Waals surface area contributed by atoms with Crippen molar-refractivity contribution >= 4 is 11.6 Å². The van der Waals surface area contributed by atoms with Gasteiger partial charge in [0, 0.05) is 5.92 Å². The molecule has 0 aromatic carbocycles. The van der Waals surface area contributed by atoms with Gasteiger partial charge in [-0.25, -0.2) is 4.98 Å². The Morgan fingerprint density at radius 3 is 2.87 bits per heavy atom. The summed E-state index contributed by atoms with van der Waals surface area (Å²) in [5, 5.41) is 8.36. The van der Waals surface area contributed by atoms with E-state index in [1.165, 1.54) is 0 Å². The van der Waals surface area contributed by atoms with Crippen molar-refractivity contribution in [2.75, 3.05) is 0 Å². The van der Waals surface area contributed by atoms with Crippen LogP contribution in [0.25, 0.3) is 11.6 Å². The lowest BCUT2D eigenvalue weighted by atomic mass is 10.3. The van der Waals surface area contributed by atoms with Crippen molar-refractivity contribution < 1.29 is 4.42 Å². The number of halogens is 1. The Hall–Kier alpha value is -1.42. The average Bonchev–Trinajstić information content (AvgIpc) is 2.97. The normalized spacial score (nSPS) is 15.5. The summed E-state index contributed by atoms with van der Waals surface area (Å²) >= 11 is 5.78. The Balaban J connectivity index is 1.97. The molecule has 4 nitrogen and oxygen atoms in total. The molecule has 2 aromatic heterocycles. The van der Waals surface area contributed by atoms with Crippen molar-refractivity contribution in [3.05, 3.63) is 29.2 Å². The van der Waals surface area contributed by atoms with Gasteiger partial charge in [-0.05, 0) is 25.0 Å². The Labute approximate surface area is 91.3 Å². The van der Waals surface area contributed by atoms with E-state index in [0.717, 1.165) is 12.8 Å². The van der Waals surface area contributed by atoms with Gasteiger partial charge in [-0.3, -0.25) is 0 Å².